The summed E-state index contributed by atoms with van der Waals surface area (Å²) < 4.78 is 6.74. The number of esters is 1. The van der Waals surface area contributed by atoms with E-state index in [1.54, 1.807) is 17.6 Å². The molecule has 0 fully saturated rings. The van der Waals surface area contributed by atoms with Gasteiger partial charge >= 0.3 is 5.97 Å². The highest BCUT2D eigenvalue weighted by Crippen LogP contribution is 2.38. The number of hydrogen-bond acceptors (Lipinski definition) is 5. The second-order valence-corrected chi connectivity index (χ2v) is 7.30. The highest BCUT2D eigenvalue weighted by molar-refractivity contribution is 5.86. The number of ether oxygens (including phenoxy) is 1. The Balaban J connectivity index is 1.80. The molecule has 0 saturated carbocycles. The summed E-state index contributed by atoms with van der Waals surface area (Å²) in [5.74, 6) is -0.706. The lowest BCUT2D eigenvalue weighted by Gasteiger charge is -2.31. The fourth-order valence-corrected chi connectivity index (χ4v) is 4.09. The molecule has 4 heterocycles. The summed E-state index contributed by atoms with van der Waals surface area (Å²) in [5.41, 5.74) is 2.95. The maximum atomic E-state index is 13.1. The number of hydrogen-bond donors (Lipinski definition) is 1. The van der Waals surface area contributed by atoms with E-state index in [0.29, 0.717) is 23.4 Å². The monoisotopic (exact) mass is 362 g/mol. The van der Waals surface area contributed by atoms with Crippen molar-refractivity contribution in [1.82, 2.24) is 9.55 Å². The molecule has 1 N–H and O–H groups in total. The van der Waals surface area contributed by atoms with E-state index in [4.69, 9.17) is 9.72 Å². The zero-order valence-electron chi connectivity index (χ0n) is 15.1. The maximum absolute atomic E-state index is 13.1. The van der Waals surface area contributed by atoms with Gasteiger partial charge in [-0.05, 0) is 37.1 Å². The van der Waals surface area contributed by atoms with Gasteiger partial charge in [0, 0.05) is 16.5 Å². The van der Waals surface area contributed by atoms with Gasteiger partial charge < -0.3 is 14.4 Å². The van der Waals surface area contributed by atoms with Gasteiger partial charge in [0.15, 0.2) is 5.60 Å². The third-order valence-electron chi connectivity index (χ3n) is 5.67. The van der Waals surface area contributed by atoms with Gasteiger partial charge in [-0.15, -0.1) is 0 Å². The predicted octanol–water partition coefficient (Wildman–Crippen LogP) is 2.39. The fourth-order valence-electron chi connectivity index (χ4n) is 4.09. The minimum absolute atomic E-state index is 0.111. The molecule has 1 aromatic carbocycles. The molecule has 2 aliphatic heterocycles. The summed E-state index contributed by atoms with van der Waals surface area (Å²) in [5, 5.41) is 11.9. The Morgan fingerprint density at radius 3 is 2.85 bits per heavy atom. The van der Waals surface area contributed by atoms with E-state index in [2.05, 4.69) is 6.07 Å². The van der Waals surface area contributed by atoms with E-state index < -0.39 is 11.6 Å². The number of aryl methyl sites for hydroxylation is 1. The molecule has 0 radical (unpaired) electrons. The number of cyclic esters (lactones) is 1. The minimum atomic E-state index is -1.79. The highest BCUT2D eigenvalue weighted by Gasteiger charge is 2.45. The maximum Gasteiger partial charge on any atom is 0.343 e. The van der Waals surface area contributed by atoms with Crippen LogP contribution < -0.4 is 5.56 Å². The minimum Gasteiger partial charge on any atom is -0.458 e. The van der Waals surface area contributed by atoms with Gasteiger partial charge in [0.1, 0.15) is 6.61 Å². The largest absolute Gasteiger partial charge is 0.458 e. The molecule has 0 aliphatic carbocycles. The number of rotatable bonds is 1. The lowest BCUT2D eigenvalue weighted by atomic mass is 9.86. The van der Waals surface area contributed by atoms with E-state index >= 15 is 0 Å². The Bertz CT molecular complexity index is 1210. The molecule has 0 amide bonds. The number of benzene rings is 1. The first-order valence-electron chi connectivity index (χ1n) is 9.00. The molecule has 1 atom stereocenters. The smallest absolute Gasteiger partial charge is 0.343 e. The number of aromatic nitrogens is 2. The molecule has 5 rings (SSSR count). The van der Waals surface area contributed by atoms with Crippen LogP contribution in [0.3, 0.4) is 0 Å². The Hall–Kier alpha value is -2.99. The molecule has 0 spiro atoms. The van der Waals surface area contributed by atoms with Crippen LogP contribution in [0.1, 0.15) is 35.6 Å². The Kier molecular flexibility index (Phi) is 3.16. The summed E-state index contributed by atoms with van der Waals surface area (Å²) in [6.07, 6.45) is 0.138. The zero-order chi connectivity index (χ0) is 18.9. The van der Waals surface area contributed by atoms with Crippen molar-refractivity contribution in [3.8, 4) is 11.4 Å². The lowest BCUT2D eigenvalue weighted by Crippen LogP contribution is -2.44. The van der Waals surface area contributed by atoms with Gasteiger partial charge in [-0.1, -0.05) is 19.1 Å². The van der Waals surface area contributed by atoms with E-state index in [9.17, 15) is 14.7 Å². The van der Waals surface area contributed by atoms with Gasteiger partial charge in [0.2, 0.25) is 0 Å². The van der Waals surface area contributed by atoms with Crippen molar-refractivity contribution >= 4 is 16.9 Å². The molecule has 136 valence electrons. The van der Waals surface area contributed by atoms with Crippen molar-refractivity contribution in [2.75, 3.05) is 0 Å². The summed E-state index contributed by atoms with van der Waals surface area (Å²) in [6.45, 7) is 4.02. The Morgan fingerprint density at radius 2 is 2.07 bits per heavy atom. The Morgan fingerprint density at radius 1 is 1.26 bits per heavy atom. The highest BCUT2D eigenvalue weighted by atomic mass is 16.6. The third-order valence-corrected chi connectivity index (χ3v) is 5.67. The topological polar surface area (TPSA) is 81.4 Å². The molecule has 0 bridgehead atoms. The number of nitrogens with zero attached hydrogens (tertiary/aromatic N) is 2. The van der Waals surface area contributed by atoms with Crippen LogP contribution in [0.5, 0.6) is 0 Å². The van der Waals surface area contributed by atoms with Gasteiger partial charge in [-0.3, -0.25) is 4.79 Å². The molecule has 27 heavy (non-hydrogen) atoms. The van der Waals surface area contributed by atoms with Crippen molar-refractivity contribution in [2.24, 2.45) is 0 Å². The number of aliphatic hydroxyl groups is 1. The first kappa shape index (κ1) is 16.2. The number of pyridine rings is 2. The SMILES string of the molecule is CCC1(O)C(=O)OCc2c1cc1n(c2=O)Cc2cc3ccc(C)cc3nc2-1. The molecule has 2 aliphatic rings. The average Bonchev–Trinajstić information content (AvgIpc) is 3.01. The molecule has 6 heteroatoms. The standard InChI is InChI=1S/C21H18N2O4/c1-3-21(26)15-8-17-18-13(7-12-5-4-11(2)6-16(12)22-18)9-23(17)19(24)14(15)10-27-20(21)25/h4-8,26H,3,9-10H2,1-2H3. The van der Waals surface area contributed by atoms with Crippen LogP contribution >= 0.6 is 0 Å². The van der Waals surface area contributed by atoms with Gasteiger partial charge in [-0.2, -0.15) is 0 Å². The molecule has 1 unspecified atom stereocenters. The van der Waals surface area contributed by atoms with E-state index in [1.807, 2.05) is 25.1 Å². The predicted molar refractivity (Wildman–Crippen MR) is 99.3 cm³/mol. The number of carbonyl (C=O) groups excluding carboxylic acids is 1. The molecular formula is C21H18N2O4. The second-order valence-electron chi connectivity index (χ2n) is 7.30. The zero-order valence-corrected chi connectivity index (χ0v) is 15.1. The summed E-state index contributed by atoms with van der Waals surface area (Å²) >= 11 is 0. The third kappa shape index (κ3) is 2.07. The van der Waals surface area contributed by atoms with Crippen molar-refractivity contribution < 1.29 is 14.6 Å². The normalized spacial score (nSPS) is 20.2. The molecule has 3 aromatic rings. The summed E-state index contributed by atoms with van der Waals surface area (Å²) in [4.78, 5) is 30.0. The molecule has 6 nitrogen and oxygen atoms in total. The Labute approximate surface area is 155 Å². The van der Waals surface area contributed by atoms with Crippen LogP contribution in [0, 0.1) is 6.92 Å². The summed E-state index contributed by atoms with van der Waals surface area (Å²) in [7, 11) is 0. The van der Waals surface area contributed by atoms with Crippen LogP contribution in [0.4, 0.5) is 0 Å². The first-order valence-corrected chi connectivity index (χ1v) is 9.00. The van der Waals surface area contributed by atoms with Crippen molar-refractivity contribution in [2.45, 2.75) is 39.0 Å². The number of fused-ring (bicyclic) bond motifs is 5. The van der Waals surface area contributed by atoms with E-state index in [1.165, 1.54) is 0 Å². The quantitative estimate of drug-likeness (QED) is 0.526. The summed E-state index contributed by atoms with van der Waals surface area (Å²) in [6, 6.07) is 9.86. The van der Waals surface area contributed by atoms with Gasteiger partial charge in [-0.25, -0.2) is 9.78 Å². The van der Waals surface area contributed by atoms with E-state index in [0.717, 1.165) is 27.7 Å². The lowest BCUT2D eigenvalue weighted by molar-refractivity contribution is -0.172. The average molecular weight is 362 g/mol. The first-order chi connectivity index (χ1) is 12.9. The van der Waals surface area contributed by atoms with Crippen molar-refractivity contribution in [3.63, 3.8) is 0 Å². The van der Waals surface area contributed by atoms with Crippen LogP contribution in [-0.2, 0) is 28.3 Å². The van der Waals surface area contributed by atoms with Crippen LogP contribution in [0.2, 0.25) is 0 Å². The van der Waals surface area contributed by atoms with Crippen LogP contribution in [0.25, 0.3) is 22.3 Å². The molecule has 2 aromatic heterocycles. The number of carbonyl (C=O) groups is 1. The molecule has 0 saturated heterocycles. The van der Waals surface area contributed by atoms with Crippen molar-refractivity contribution in [1.29, 1.82) is 0 Å². The fraction of sp³-hybridized carbons (Fsp3) is 0.286. The van der Waals surface area contributed by atoms with Crippen molar-refractivity contribution in [3.05, 3.63) is 62.9 Å². The second kappa shape index (κ2) is 5.27. The van der Waals surface area contributed by atoms with Crippen LogP contribution in [-0.4, -0.2) is 20.6 Å². The van der Waals surface area contributed by atoms with Gasteiger partial charge in [0.05, 0.1) is 29.0 Å². The van der Waals surface area contributed by atoms with Gasteiger partial charge in [0.25, 0.3) is 5.56 Å². The molecular weight excluding hydrogens is 344 g/mol. The van der Waals surface area contributed by atoms with E-state index in [-0.39, 0.29) is 18.6 Å². The van der Waals surface area contributed by atoms with Crippen LogP contribution in [0.15, 0.2) is 35.1 Å².